The van der Waals surface area contributed by atoms with Crippen molar-refractivity contribution in [3.63, 3.8) is 0 Å². The van der Waals surface area contributed by atoms with E-state index >= 15 is 0 Å². The lowest BCUT2D eigenvalue weighted by Crippen LogP contribution is -2.12. The maximum absolute atomic E-state index is 13.1. The molecular formula is C26H16F2N4O6. The summed E-state index contributed by atoms with van der Waals surface area (Å²) in [4.78, 5) is 46.9. The van der Waals surface area contributed by atoms with Crippen LogP contribution in [0.2, 0.25) is 0 Å². The van der Waals surface area contributed by atoms with Crippen molar-refractivity contribution in [2.24, 2.45) is 0 Å². The number of rotatable bonds is 7. The lowest BCUT2D eigenvalue weighted by molar-refractivity contribution is -0.386. The van der Waals surface area contributed by atoms with Crippen molar-refractivity contribution in [2.45, 2.75) is 0 Å². The summed E-state index contributed by atoms with van der Waals surface area (Å²) in [6.07, 6.45) is 0. The predicted molar refractivity (Wildman–Crippen MR) is 134 cm³/mol. The summed E-state index contributed by atoms with van der Waals surface area (Å²) >= 11 is 0. The second kappa shape index (κ2) is 10.6. The largest absolute Gasteiger partial charge is 0.322 e. The quantitative estimate of drug-likeness (QED) is 0.228. The molecule has 0 aromatic heterocycles. The molecule has 0 spiro atoms. The van der Waals surface area contributed by atoms with Crippen LogP contribution in [0.1, 0.15) is 20.7 Å². The Balaban J connectivity index is 1.64. The molecule has 0 unspecified atom stereocenters. The highest BCUT2D eigenvalue weighted by molar-refractivity contribution is 6.05. The van der Waals surface area contributed by atoms with Gasteiger partial charge in [0, 0.05) is 34.6 Å². The smallest absolute Gasteiger partial charge is 0.279 e. The number of nitrogens with one attached hydrogen (secondary N) is 2. The van der Waals surface area contributed by atoms with Crippen molar-refractivity contribution in [2.75, 3.05) is 10.6 Å². The number of nitro benzene ring substituents is 2. The second-order valence-corrected chi connectivity index (χ2v) is 7.90. The highest BCUT2D eigenvalue weighted by Crippen LogP contribution is 2.39. The van der Waals surface area contributed by atoms with E-state index in [1.54, 1.807) is 0 Å². The van der Waals surface area contributed by atoms with E-state index in [9.17, 15) is 38.6 Å². The maximum atomic E-state index is 13.1. The Morgan fingerprint density at radius 1 is 0.579 bits per heavy atom. The summed E-state index contributed by atoms with van der Waals surface area (Å²) < 4.78 is 26.2. The summed E-state index contributed by atoms with van der Waals surface area (Å²) in [5, 5.41) is 28.6. The summed E-state index contributed by atoms with van der Waals surface area (Å²) in [5.41, 5.74) is -0.919. The van der Waals surface area contributed by atoms with Crippen molar-refractivity contribution < 1.29 is 28.2 Å². The molecule has 4 rings (SSSR count). The van der Waals surface area contributed by atoms with Gasteiger partial charge in [0.1, 0.15) is 11.6 Å². The Hall–Kier alpha value is -5.52. The number of carbonyl (C=O) groups excluding carboxylic acids is 2. The van der Waals surface area contributed by atoms with Gasteiger partial charge in [0.2, 0.25) is 0 Å². The molecule has 4 aromatic carbocycles. The van der Waals surface area contributed by atoms with E-state index in [0.29, 0.717) is 0 Å². The molecule has 2 N–H and O–H groups in total. The van der Waals surface area contributed by atoms with E-state index in [1.165, 1.54) is 48.5 Å². The molecule has 2 amide bonds. The second-order valence-electron chi connectivity index (χ2n) is 7.90. The molecule has 0 radical (unpaired) electrons. The Kier molecular flexibility index (Phi) is 7.15. The van der Waals surface area contributed by atoms with Crippen molar-refractivity contribution in [1.29, 1.82) is 0 Å². The zero-order valence-corrected chi connectivity index (χ0v) is 19.2. The van der Waals surface area contributed by atoms with Crippen molar-refractivity contribution in [3.8, 4) is 11.1 Å². The van der Waals surface area contributed by atoms with E-state index in [0.717, 1.165) is 36.4 Å². The number of hydrogen-bond donors (Lipinski definition) is 2. The fraction of sp³-hybridized carbons (Fsp3) is 0. The van der Waals surface area contributed by atoms with Crippen LogP contribution in [-0.2, 0) is 0 Å². The first-order valence-electron chi connectivity index (χ1n) is 10.8. The van der Waals surface area contributed by atoms with Gasteiger partial charge < -0.3 is 10.6 Å². The predicted octanol–water partition coefficient (Wildman–Crippen LogP) is 5.95. The van der Waals surface area contributed by atoms with Gasteiger partial charge in [-0.15, -0.1) is 0 Å². The van der Waals surface area contributed by atoms with Crippen LogP contribution in [0.15, 0.2) is 84.9 Å². The van der Waals surface area contributed by atoms with Crippen LogP contribution in [0.4, 0.5) is 31.5 Å². The third-order valence-corrected chi connectivity index (χ3v) is 5.41. The molecule has 0 atom stereocenters. The number of nitro groups is 2. The van der Waals surface area contributed by atoms with Gasteiger partial charge in [-0.25, -0.2) is 8.78 Å². The topological polar surface area (TPSA) is 144 Å². The summed E-state index contributed by atoms with van der Waals surface area (Å²) in [6.45, 7) is 0. The van der Waals surface area contributed by atoms with Crippen LogP contribution < -0.4 is 10.6 Å². The van der Waals surface area contributed by atoms with Gasteiger partial charge in [-0.3, -0.25) is 29.8 Å². The van der Waals surface area contributed by atoms with Gasteiger partial charge in [0.25, 0.3) is 23.2 Å². The number of hydrogen-bond acceptors (Lipinski definition) is 6. The zero-order chi connectivity index (χ0) is 27.4. The monoisotopic (exact) mass is 518 g/mol. The van der Waals surface area contributed by atoms with E-state index in [1.807, 2.05) is 0 Å². The summed E-state index contributed by atoms with van der Waals surface area (Å²) in [5.74, 6) is -2.35. The Labute approximate surface area is 212 Å². The van der Waals surface area contributed by atoms with E-state index < -0.39 is 44.7 Å². The van der Waals surface area contributed by atoms with E-state index in [2.05, 4.69) is 10.6 Å². The molecule has 38 heavy (non-hydrogen) atoms. The minimum absolute atomic E-state index is 0.0422. The van der Waals surface area contributed by atoms with Crippen molar-refractivity contribution in [3.05, 3.63) is 128 Å². The molecule has 190 valence electrons. The van der Waals surface area contributed by atoms with Crippen molar-refractivity contribution in [1.82, 2.24) is 0 Å². The van der Waals surface area contributed by atoms with Gasteiger partial charge >= 0.3 is 0 Å². The molecule has 0 aliphatic carbocycles. The minimum atomic E-state index is -0.753. The first-order chi connectivity index (χ1) is 18.1. The molecule has 0 heterocycles. The molecule has 12 heteroatoms. The SMILES string of the molecule is O=C(Nc1ccc(-c2ccc(NC(=O)c3ccc(F)cc3)cc2[N+](=O)[O-])c([N+](=O)[O-])c1)c1ccc(F)cc1. The van der Waals surface area contributed by atoms with E-state index in [4.69, 9.17) is 0 Å². The van der Waals surface area contributed by atoms with Gasteiger partial charge in [-0.05, 0) is 72.8 Å². The van der Waals surface area contributed by atoms with E-state index in [-0.39, 0.29) is 33.6 Å². The molecule has 0 bridgehead atoms. The maximum Gasteiger partial charge on any atom is 0.279 e. The number of amides is 2. The lowest BCUT2D eigenvalue weighted by atomic mass is 10.0. The average Bonchev–Trinajstić information content (AvgIpc) is 2.89. The fourth-order valence-corrected chi connectivity index (χ4v) is 3.59. The summed E-state index contributed by atoms with van der Waals surface area (Å²) in [7, 11) is 0. The molecule has 0 fully saturated rings. The molecule has 0 saturated heterocycles. The van der Waals surface area contributed by atoms with Crippen LogP contribution in [0.5, 0.6) is 0 Å². The van der Waals surface area contributed by atoms with Crippen molar-refractivity contribution >= 4 is 34.6 Å². The van der Waals surface area contributed by atoms with Gasteiger partial charge in [0.05, 0.1) is 21.0 Å². The Morgan fingerprint density at radius 2 is 0.921 bits per heavy atom. The van der Waals surface area contributed by atoms with Gasteiger partial charge in [-0.1, -0.05) is 0 Å². The molecule has 0 saturated carbocycles. The normalized spacial score (nSPS) is 10.5. The number of benzene rings is 4. The summed E-state index contributed by atoms with van der Waals surface area (Å²) in [6, 6.07) is 16.6. The number of anilines is 2. The number of halogens is 2. The lowest BCUT2D eigenvalue weighted by Gasteiger charge is -2.10. The zero-order valence-electron chi connectivity index (χ0n) is 19.2. The average molecular weight is 518 g/mol. The molecule has 10 nitrogen and oxygen atoms in total. The molecule has 0 aliphatic rings. The number of carbonyl (C=O) groups is 2. The molecule has 0 aliphatic heterocycles. The van der Waals surface area contributed by atoms with Crippen LogP contribution in [0, 0.1) is 31.9 Å². The van der Waals surface area contributed by atoms with Crippen LogP contribution >= 0.6 is 0 Å². The van der Waals surface area contributed by atoms with Crippen LogP contribution in [-0.4, -0.2) is 21.7 Å². The number of nitrogens with zero attached hydrogens (tertiary/aromatic N) is 2. The molecular weight excluding hydrogens is 502 g/mol. The molecule has 4 aromatic rings. The van der Waals surface area contributed by atoms with Crippen LogP contribution in [0.25, 0.3) is 11.1 Å². The van der Waals surface area contributed by atoms with Gasteiger partial charge in [0.15, 0.2) is 0 Å². The first-order valence-corrected chi connectivity index (χ1v) is 10.8. The standard InChI is InChI=1S/C26H16F2N4O6/c27-17-5-1-15(2-6-17)25(33)29-19-9-11-21(23(13-19)31(35)36)22-12-10-20(14-24(22)32(37)38)30-26(34)16-3-7-18(28)8-4-16/h1-14H,(H,29,33)(H,30,34). The Bertz CT molecular complexity index is 1460. The highest BCUT2D eigenvalue weighted by Gasteiger charge is 2.25. The highest BCUT2D eigenvalue weighted by atomic mass is 19.1. The first kappa shape index (κ1) is 25.6. The Morgan fingerprint density at radius 3 is 1.24 bits per heavy atom. The third-order valence-electron chi connectivity index (χ3n) is 5.41. The minimum Gasteiger partial charge on any atom is -0.322 e. The van der Waals surface area contributed by atoms with Crippen LogP contribution in [0.3, 0.4) is 0 Å². The fourth-order valence-electron chi connectivity index (χ4n) is 3.59. The third kappa shape index (κ3) is 5.65. The van der Waals surface area contributed by atoms with Gasteiger partial charge in [-0.2, -0.15) is 0 Å².